The summed E-state index contributed by atoms with van der Waals surface area (Å²) < 4.78 is 16.1. The third-order valence-electron chi connectivity index (χ3n) is 1.40. The summed E-state index contributed by atoms with van der Waals surface area (Å²) in [6.45, 7) is 17.4. The fourth-order valence-corrected chi connectivity index (χ4v) is 0.775. The topological polar surface area (TPSA) is 27.7 Å². The van der Waals surface area contributed by atoms with Gasteiger partial charge in [0.2, 0.25) is 0 Å². The van der Waals surface area contributed by atoms with E-state index in [1.54, 1.807) is 0 Å². The van der Waals surface area contributed by atoms with E-state index < -0.39 is 6.48 Å². The van der Waals surface area contributed by atoms with Crippen molar-refractivity contribution in [1.82, 2.24) is 0 Å². The number of ether oxygens (including phenoxy) is 3. The first-order valence-corrected chi connectivity index (χ1v) is 5.19. The Kier molecular flexibility index (Phi) is 7.81. The van der Waals surface area contributed by atoms with Gasteiger partial charge in [0.25, 0.3) is 6.48 Å². The summed E-state index contributed by atoms with van der Waals surface area (Å²) in [5, 5.41) is 0. The summed E-state index contributed by atoms with van der Waals surface area (Å²) in [7, 11) is 0. The van der Waals surface area contributed by atoms with Gasteiger partial charge in [0.05, 0.1) is 19.8 Å². The summed E-state index contributed by atoms with van der Waals surface area (Å²) in [4.78, 5) is 0. The van der Waals surface area contributed by atoms with Crippen LogP contribution in [0.3, 0.4) is 0 Å². The maximum atomic E-state index is 5.38. The second-order valence-corrected chi connectivity index (χ2v) is 4.09. The van der Waals surface area contributed by atoms with Gasteiger partial charge in [-0.3, -0.25) is 0 Å². The van der Waals surface area contributed by atoms with Crippen LogP contribution in [0.25, 0.3) is 0 Å². The standard InChI is InChI=1S/C13H22O3/c1-10(2)7-14-13(15-8-11(3)4)16-9-12(5)6/h13H,1,3,5,7-9H2,2,4,6H3. The molecule has 0 radical (unpaired) electrons. The van der Waals surface area contributed by atoms with Gasteiger partial charge in [0.1, 0.15) is 0 Å². The molecule has 0 fully saturated rings. The predicted octanol–water partition coefficient (Wildman–Crippen LogP) is 3.05. The van der Waals surface area contributed by atoms with Crippen molar-refractivity contribution in [3.8, 4) is 0 Å². The molecule has 0 atom stereocenters. The number of rotatable bonds is 9. The van der Waals surface area contributed by atoms with Crippen LogP contribution in [-0.2, 0) is 14.2 Å². The average molecular weight is 226 g/mol. The van der Waals surface area contributed by atoms with Crippen LogP contribution in [0.1, 0.15) is 20.8 Å². The maximum absolute atomic E-state index is 5.38. The van der Waals surface area contributed by atoms with E-state index in [0.29, 0.717) is 19.8 Å². The van der Waals surface area contributed by atoms with Gasteiger partial charge < -0.3 is 14.2 Å². The second kappa shape index (κ2) is 8.28. The minimum absolute atomic E-state index is 0.414. The molecular weight excluding hydrogens is 204 g/mol. The Morgan fingerprint density at radius 1 is 0.750 bits per heavy atom. The first-order chi connectivity index (χ1) is 7.41. The van der Waals surface area contributed by atoms with Crippen LogP contribution < -0.4 is 0 Å². The monoisotopic (exact) mass is 226 g/mol. The molecule has 0 bridgehead atoms. The van der Waals surface area contributed by atoms with Crippen molar-refractivity contribution < 1.29 is 14.2 Å². The van der Waals surface area contributed by atoms with Crippen molar-refractivity contribution in [2.24, 2.45) is 0 Å². The van der Waals surface area contributed by atoms with E-state index in [1.165, 1.54) is 0 Å². The second-order valence-electron chi connectivity index (χ2n) is 4.09. The maximum Gasteiger partial charge on any atom is 0.272 e. The van der Waals surface area contributed by atoms with Gasteiger partial charge in [-0.15, -0.1) is 0 Å². The Labute approximate surface area is 98.4 Å². The zero-order valence-corrected chi connectivity index (χ0v) is 10.5. The first kappa shape index (κ1) is 15.1. The fourth-order valence-electron chi connectivity index (χ4n) is 0.775. The van der Waals surface area contributed by atoms with Gasteiger partial charge in [0.15, 0.2) is 0 Å². The predicted molar refractivity (Wildman–Crippen MR) is 66.1 cm³/mol. The van der Waals surface area contributed by atoms with Crippen LogP contribution in [0.4, 0.5) is 0 Å². The smallest absolute Gasteiger partial charge is 0.272 e. The lowest BCUT2D eigenvalue weighted by atomic mass is 10.4. The molecule has 0 amide bonds. The van der Waals surface area contributed by atoms with Crippen molar-refractivity contribution >= 4 is 0 Å². The Morgan fingerprint density at radius 2 is 1.00 bits per heavy atom. The molecule has 0 aliphatic rings. The van der Waals surface area contributed by atoms with Crippen molar-refractivity contribution in [1.29, 1.82) is 0 Å². The quantitative estimate of drug-likeness (QED) is 0.447. The van der Waals surface area contributed by atoms with Gasteiger partial charge in [-0.25, -0.2) is 0 Å². The Hall–Kier alpha value is -0.900. The number of hydrogen-bond donors (Lipinski definition) is 0. The highest BCUT2D eigenvalue weighted by atomic mass is 16.8. The van der Waals surface area contributed by atoms with E-state index in [0.717, 1.165) is 16.7 Å². The van der Waals surface area contributed by atoms with Crippen LogP contribution in [0.5, 0.6) is 0 Å². The zero-order chi connectivity index (χ0) is 12.6. The summed E-state index contributed by atoms with van der Waals surface area (Å²) in [6.07, 6.45) is 0. The van der Waals surface area contributed by atoms with Crippen LogP contribution in [-0.4, -0.2) is 26.3 Å². The SMILES string of the molecule is C=C(C)COC(OCC(=C)C)OCC(=C)C. The molecule has 0 spiro atoms. The highest BCUT2D eigenvalue weighted by Crippen LogP contribution is 2.04. The molecule has 3 heteroatoms. The van der Waals surface area contributed by atoms with E-state index in [9.17, 15) is 0 Å². The van der Waals surface area contributed by atoms with Crippen molar-refractivity contribution in [2.75, 3.05) is 19.8 Å². The molecule has 0 aliphatic carbocycles. The molecular formula is C13H22O3. The number of hydrogen-bond acceptors (Lipinski definition) is 3. The molecule has 0 N–H and O–H groups in total. The minimum Gasteiger partial charge on any atom is -0.325 e. The summed E-state index contributed by atoms with van der Waals surface area (Å²) in [5.41, 5.74) is 2.76. The fraction of sp³-hybridized carbons (Fsp3) is 0.538. The summed E-state index contributed by atoms with van der Waals surface area (Å²) >= 11 is 0. The average Bonchev–Trinajstić information content (AvgIpc) is 2.15. The third kappa shape index (κ3) is 9.65. The van der Waals surface area contributed by atoms with Crippen LogP contribution in [0.2, 0.25) is 0 Å². The lowest BCUT2D eigenvalue weighted by Gasteiger charge is -2.19. The van der Waals surface area contributed by atoms with Crippen LogP contribution in [0, 0.1) is 0 Å². The Morgan fingerprint density at radius 3 is 1.19 bits per heavy atom. The van der Waals surface area contributed by atoms with Gasteiger partial charge in [-0.2, -0.15) is 0 Å². The molecule has 92 valence electrons. The normalized spacial score (nSPS) is 10.5. The van der Waals surface area contributed by atoms with Crippen molar-refractivity contribution in [3.63, 3.8) is 0 Å². The lowest BCUT2D eigenvalue weighted by Crippen LogP contribution is -2.23. The van der Waals surface area contributed by atoms with Gasteiger partial charge in [-0.1, -0.05) is 36.5 Å². The lowest BCUT2D eigenvalue weighted by molar-refractivity contribution is -0.277. The van der Waals surface area contributed by atoms with E-state index in [2.05, 4.69) is 19.7 Å². The van der Waals surface area contributed by atoms with E-state index in [-0.39, 0.29) is 0 Å². The molecule has 0 heterocycles. The molecule has 0 aromatic carbocycles. The van der Waals surface area contributed by atoms with Crippen LogP contribution >= 0.6 is 0 Å². The van der Waals surface area contributed by atoms with E-state index in [1.807, 2.05) is 20.8 Å². The van der Waals surface area contributed by atoms with Gasteiger partial charge in [0, 0.05) is 0 Å². The van der Waals surface area contributed by atoms with Crippen molar-refractivity contribution in [2.45, 2.75) is 27.2 Å². The molecule has 0 aromatic heterocycles. The minimum atomic E-state index is -0.690. The Balaban J connectivity index is 3.98. The summed E-state index contributed by atoms with van der Waals surface area (Å²) in [6, 6.07) is 0. The molecule has 0 rings (SSSR count). The van der Waals surface area contributed by atoms with Gasteiger partial charge in [-0.05, 0) is 20.8 Å². The molecule has 0 aliphatic heterocycles. The molecule has 16 heavy (non-hydrogen) atoms. The van der Waals surface area contributed by atoms with E-state index >= 15 is 0 Å². The van der Waals surface area contributed by atoms with Crippen molar-refractivity contribution in [3.05, 3.63) is 36.5 Å². The molecule has 3 nitrogen and oxygen atoms in total. The summed E-state index contributed by atoms with van der Waals surface area (Å²) in [5.74, 6) is 0. The highest BCUT2D eigenvalue weighted by Gasteiger charge is 2.09. The Bertz CT molecular complexity index is 213. The molecule has 0 unspecified atom stereocenters. The highest BCUT2D eigenvalue weighted by molar-refractivity contribution is 4.89. The largest absolute Gasteiger partial charge is 0.325 e. The molecule has 0 saturated carbocycles. The molecule has 0 saturated heterocycles. The van der Waals surface area contributed by atoms with Gasteiger partial charge >= 0.3 is 0 Å². The first-order valence-electron chi connectivity index (χ1n) is 5.19. The van der Waals surface area contributed by atoms with E-state index in [4.69, 9.17) is 14.2 Å². The van der Waals surface area contributed by atoms with Crippen LogP contribution in [0.15, 0.2) is 36.5 Å². The molecule has 0 aromatic rings. The third-order valence-corrected chi connectivity index (χ3v) is 1.40. The zero-order valence-electron chi connectivity index (χ0n) is 10.5.